The number of methoxy groups -OCH3 is 1. The SMILES string of the molecule is COc1nc(Br)c(F)cc1N1C(=O)CO[C@H]2CN(S(=O)(=O)Nc3ccon3)CC[C@@H]21. The Morgan fingerprint density at radius 2 is 2.23 bits per heavy atom. The molecule has 2 aliphatic rings. The molecule has 0 radical (unpaired) electrons. The number of halogens is 2. The zero-order valence-electron chi connectivity index (χ0n) is 15.6. The van der Waals surface area contributed by atoms with Crippen molar-refractivity contribution in [3.05, 3.63) is 28.8 Å². The molecule has 2 saturated heterocycles. The van der Waals surface area contributed by atoms with Crippen molar-refractivity contribution in [1.29, 1.82) is 0 Å². The Morgan fingerprint density at radius 1 is 1.43 bits per heavy atom. The Labute approximate surface area is 179 Å². The third kappa shape index (κ3) is 3.87. The number of fused-ring (bicyclic) bond motifs is 1. The van der Waals surface area contributed by atoms with Gasteiger partial charge in [0.15, 0.2) is 11.6 Å². The molecule has 2 aromatic rings. The van der Waals surface area contributed by atoms with Crippen molar-refractivity contribution in [3.8, 4) is 5.88 Å². The van der Waals surface area contributed by atoms with E-state index in [0.717, 1.165) is 6.07 Å². The van der Waals surface area contributed by atoms with Gasteiger partial charge in [-0.2, -0.15) is 12.7 Å². The van der Waals surface area contributed by atoms with Gasteiger partial charge in [0, 0.05) is 25.2 Å². The van der Waals surface area contributed by atoms with Crippen LogP contribution in [0.4, 0.5) is 15.9 Å². The number of amides is 1. The van der Waals surface area contributed by atoms with Crippen LogP contribution in [0.3, 0.4) is 0 Å². The summed E-state index contributed by atoms with van der Waals surface area (Å²) < 4.78 is 58.4. The monoisotopic (exact) mass is 505 g/mol. The highest BCUT2D eigenvalue weighted by atomic mass is 79.9. The number of pyridine rings is 1. The second kappa shape index (κ2) is 8.09. The average molecular weight is 506 g/mol. The van der Waals surface area contributed by atoms with E-state index in [9.17, 15) is 17.6 Å². The van der Waals surface area contributed by atoms with Gasteiger partial charge in [0.05, 0.1) is 19.3 Å². The molecule has 162 valence electrons. The van der Waals surface area contributed by atoms with Crippen LogP contribution >= 0.6 is 15.9 Å². The summed E-state index contributed by atoms with van der Waals surface area (Å²) in [6, 6.07) is 2.02. The lowest BCUT2D eigenvalue weighted by atomic mass is 9.99. The van der Waals surface area contributed by atoms with Crippen LogP contribution in [0.25, 0.3) is 0 Å². The van der Waals surface area contributed by atoms with Crippen LogP contribution < -0.4 is 14.4 Å². The molecule has 0 bridgehead atoms. The first-order valence-corrected chi connectivity index (χ1v) is 11.1. The van der Waals surface area contributed by atoms with Crippen molar-refractivity contribution in [1.82, 2.24) is 14.4 Å². The molecule has 14 heteroatoms. The van der Waals surface area contributed by atoms with E-state index in [2.05, 4.69) is 35.3 Å². The minimum absolute atomic E-state index is 0.00359. The number of morpholine rings is 1. The van der Waals surface area contributed by atoms with Gasteiger partial charge in [0.2, 0.25) is 5.88 Å². The number of ether oxygens (including phenoxy) is 2. The van der Waals surface area contributed by atoms with E-state index in [1.54, 1.807) is 0 Å². The maximum Gasteiger partial charge on any atom is 0.302 e. The molecule has 1 amide bonds. The molecule has 2 atom stereocenters. The second-order valence-corrected chi connectivity index (χ2v) is 9.03. The molecule has 0 spiro atoms. The summed E-state index contributed by atoms with van der Waals surface area (Å²) in [5, 5.41) is 3.54. The molecule has 0 aliphatic carbocycles. The number of rotatable bonds is 5. The highest BCUT2D eigenvalue weighted by molar-refractivity contribution is 9.10. The van der Waals surface area contributed by atoms with Crippen molar-refractivity contribution in [2.24, 2.45) is 0 Å². The zero-order valence-corrected chi connectivity index (χ0v) is 18.0. The third-order valence-corrected chi connectivity index (χ3v) is 6.89. The van der Waals surface area contributed by atoms with Crippen LogP contribution in [0, 0.1) is 5.82 Å². The molecule has 4 heterocycles. The summed E-state index contributed by atoms with van der Waals surface area (Å²) in [5.74, 6) is -0.923. The van der Waals surface area contributed by atoms with Gasteiger partial charge >= 0.3 is 10.2 Å². The van der Waals surface area contributed by atoms with Crippen LogP contribution in [0.1, 0.15) is 6.42 Å². The number of aromatic nitrogens is 2. The minimum Gasteiger partial charge on any atom is -0.479 e. The van der Waals surface area contributed by atoms with E-state index in [0.29, 0.717) is 0 Å². The molecular weight excluding hydrogens is 489 g/mol. The predicted molar refractivity (Wildman–Crippen MR) is 105 cm³/mol. The van der Waals surface area contributed by atoms with Gasteiger partial charge in [-0.1, -0.05) is 5.16 Å². The molecule has 0 unspecified atom stereocenters. The van der Waals surface area contributed by atoms with Crippen molar-refractivity contribution in [2.45, 2.75) is 18.6 Å². The summed E-state index contributed by atoms with van der Waals surface area (Å²) in [6.45, 7) is -0.181. The molecule has 2 fully saturated rings. The Kier molecular flexibility index (Phi) is 5.65. The molecular formula is C16H17BrFN5O6S. The summed E-state index contributed by atoms with van der Waals surface area (Å²) in [5.41, 5.74) is 0.165. The van der Waals surface area contributed by atoms with Crippen LogP contribution in [0.15, 0.2) is 27.5 Å². The fourth-order valence-corrected chi connectivity index (χ4v) is 4.99. The first-order valence-electron chi connectivity index (χ1n) is 8.82. The standard InChI is InChI=1S/C16H17BrFN5O6S/c1-27-16-11(6-9(18)15(17)19-16)23-10-2-4-22(7-12(10)28-8-14(23)24)30(25,26)21-13-3-5-29-20-13/h3,5-6,10,12H,2,4,7-8H2,1H3,(H,20,21)/t10-,12-/m0/s1. The van der Waals surface area contributed by atoms with Crippen LogP contribution in [-0.4, -0.2) is 67.7 Å². The molecule has 4 rings (SSSR count). The predicted octanol–water partition coefficient (Wildman–Crippen LogP) is 1.14. The number of nitrogens with zero attached hydrogens (tertiary/aromatic N) is 4. The first kappa shape index (κ1) is 21.0. The van der Waals surface area contributed by atoms with Crippen molar-refractivity contribution >= 4 is 43.6 Å². The van der Waals surface area contributed by atoms with Crippen molar-refractivity contribution in [2.75, 3.05) is 36.4 Å². The van der Waals surface area contributed by atoms with Gasteiger partial charge < -0.3 is 14.0 Å². The summed E-state index contributed by atoms with van der Waals surface area (Å²) in [4.78, 5) is 18.0. The van der Waals surface area contributed by atoms with E-state index in [1.807, 2.05) is 0 Å². The molecule has 1 N–H and O–H groups in total. The average Bonchev–Trinajstić information content (AvgIpc) is 3.21. The van der Waals surface area contributed by atoms with E-state index in [4.69, 9.17) is 9.47 Å². The number of nitrogens with one attached hydrogen (secondary N) is 1. The second-order valence-electron chi connectivity index (χ2n) is 6.61. The van der Waals surface area contributed by atoms with Gasteiger partial charge in [0.25, 0.3) is 5.91 Å². The number of carbonyl (C=O) groups is 1. The molecule has 0 aromatic carbocycles. The smallest absolute Gasteiger partial charge is 0.302 e. The van der Waals surface area contributed by atoms with Crippen LogP contribution in [0.2, 0.25) is 0 Å². The summed E-state index contributed by atoms with van der Waals surface area (Å²) in [7, 11) is -2.54. The summed E-state index contributed by atoms with van der Waals surface area (Å²) in [6.07, 6.45) is 0.884. The van der Waals surface area contributed by atoms with E-state index < -0.39 is 34.1 Å². The molecule has 2 aliphatic heterocycles. The molecule has 0 saturated carbocycles. The van der Waals surface area contributed by atoms with Gasteiger partial charge in [-0.3, -0.25) is 14.4 Å². The van der Waals surface area contributed by atoms with Gasteiger partial charge in [-0.05, 0) is 22.4 Å². The lowest BCUT2D eigenvalue weighted by molar-refractivity contribution is -0.134. The Bertz CT molecular complexity index is 1050. The number of hydrogen-bond acceptors (Lipinski definition) is 8. The first-order chi connectivity index (χ1) is 14.3. The van der Waals surface area contributed by atoms with Gasteiger partial charge in [-0.15, -0.1) is 0 Å². The topological polar surface area (TPSA) is 127 Å². The normalized spacial score (nSPS) is 22.6. The highest BCUT2D eigenvalue weighted by Gasteiger charge is 2.45. The fraction of sp³-hybridized carbons (Fsp3) is 0.438. The van der Waals surface area contributed by atoms with Crippen LogP contribution in [-0.2, 0) is 19.7 Å². The lowest BCUT2D eigenvalue weighted by Gasteiger charge is -2.45. The van der Waals surface area contributed by atoms with Crippen LogP contribution in [0.5, 0.6) is 5.88 Å². The largest absolute Gasteiger partial charge is 0.479 e. The lowest BCUT2D eigenvalue weighted by Crippen LogP contribution is -2.62. The minimum atomic E-state index is -3.90. The maximum atomic E-state index is 14.2. The molecule has 30 heavy (non-hydrogen) atoms. The Hall–Kier alpha value is -2.29. The number of piperidine rings is 1. The van der Waals surface area contributed by atoms with E-state index in [-0.39, 0.29) is 48.1 Å². The fourth-order valence-electron chi connectivity index (χ4n) is 3.52. The van der Waals surface area contributed by atoms with E-state index >= 15 is 0 Å². The zero-order chi connectivity index (χ0) is 21.5. The molecule has 11 nitrogen and oxygen atoms in total. The molecule has 2 aromatic heterocycles. The Morgan fingerprint density at radius 3 is 2.93 bits per heavy atom. The quantitative estimate of drug-likeness (QED) is 0.599. The van der Waals surface area contributed by atoms with Crippen molar-refractivity contribution in [3.63, 3.8) is 0 Å². The highest BCUT2D eigenvalue weighted by Crippen LogP contribution is 2.36. The maximum absolute atomic E-state index is 14.2. The number of carbonyl (C=O) groups excluding carboxylic acids is 1. The third-order valence-electron chi connectivity index (χ3n) is 4.85. The van der Waals surface area contributed by atoms with E-state index in [1.165, 1.54) is 28.6 Å². The van der Waals surface area contributed by atoms with Gasteiger partial charge in [-0.25, -0.2) is 9.37 Å². The summed E-state index contributed by atoms with van der Waals surface area (Å²) >= 11 is 3.00. The van der Waals surface area contributed by atoms with Crippen molar-refractivity contribution < 1.29 is 31.6 Å². The van der Waals surface area contributed by atoms with Gasteiger partial charge in [0.1, 0.15) is 23.2 Å². The Balaban J connectivity index is 1.58. The number of anilines is 2. The number of hydrogen-bond donors (Lipinski definition) is 1.